The van der Waals surface area contributed by atoms with Gasteiger partial charge in [0.05, 0.1) is 30.9 Å². The van der Waals surface area contributed by atoms with E-state index < -0.39 is 0 Å². The highest BCUT2D eigenvalue weighted by atomic mass is 16.5. The fourth-order valence-electron chi connectivity index (χ4n) is 2.99. The molecule has 4 rings (SSSR count). The van der Waals surface area contributed by atoms with Crippen molar-refractivity contribution in [2.24, 2.45) is 0 Å². The fraction of sp³-hybridized carbons (Fsp3) is 0.263. The van der Waals surface area contributed by atoms with Crippen LogP contribution >= 0.6 is 0 Å². The molecule has 0 fully saturated rings. The van der Waals surface area contributed by atoms with Crippen LogP contribution in [0.4, 0.5) is 5.69 Å². The van der Waals surface area contributed by atoms with E-state index in [1.807, 2.05) is 48.5 Å². The molecule has 128 valence electrons. The lowest BCUT2D eigenvalue weighted by Crippen LogP contribution is -2.40. The van der Waals surface area contributed by atoms with Crippen molar-refractivity contribution < 1.29 is 13.9 Å². The maximum Gasteiger partial charge on any atom is 0.251 e. The maximum absolute atomic E-state index is 5.89. The third-order valence-corrected chi connectivity index (χ3v) is 4.30. The van der Waals surface area contributed by atoms with Crippen molar-refractivity contribution in [2.45, 2.75) is 19.5 Å². The quantitative estimate of drug-likeness (QED) is 0.726. The van der Waals surface area contributed by atoms with Gasteiger partial charge in [-0.3, -0.25) is 0 Å². The number of aromatic nitrogens is 2. The SMILES string of the molecule is COc1ccccc1-c1nnc(CN2c3ccccc3OC[C@@H]2C)o1. The number of methoxy groups -OCH3 is 1. The predicted octanol–water partition coefficient (Wildman–Crippen LogP) is 3.53. The molecule has 0 spiro atoms. The van der Waals surface area contributed by atoms with Gasteiger partial charge in [-0.25, -0.2) is 0 Å². The van der Waals surface area contributed by atoms with Crippen LogP contribution in [0.3, 0.4) is 0 Å². The average Bonchev–Trinajstić information content (AvgIpc) is 3.12. The molecule has 1 aliphatic heterocycles. The topological polar surface area (TPSA) is 60.6 Å². The van der Waals surface area contributed by atoms with Crippen LogP contribution in [0.2, 0.25) is 0 Å². The number of anilines is 1. The molecule has 0 saturated carbocycles. The van der Waals surface area contributed by atoms with Gasteiger partial charge < -0.3 is 18.8 Å². The normalized spacial score (nSPS) is 16.2. The van der Waals surface area contributed by atoms with Crippen molar-refractivity contribution in [1.29, 1.82) is 0 Å². The molecule has 3 aromatic rings. The zero-order chi connectivity index (χ0) is 17.2. The molecule has 0 amide bonds. The minimum absolute atomic E-state index is 0.219. The average molecular weight is 337 g/mol. The van der Waals surface area contributed by atoms with Crippen molar-refractivity contribution in [3.8, 4) is 23.0 Å². The lowest BCUT2D eigenvalue weighted by atomic mass is 10.1. The number of ether oxygens (including phenoxy) is 2. The first kappa shape index (κ1) is 15.5. The summed E-state index contributed by atoms with van der Waals surface area (Å²) in [6, 6.07) is 15.8. The Hall–Kier alpha value is -3.02. The van der Waals surface area contributed by atoms with Gasteiger partial charge in [0.2, 0.25) is 5.89 Å². The van der Waals surface area contributed by atoms with E-state index in [0.29, 0.717) is 30.7 Å². The minimum Gasteiger partial charge on any atom is -0.496 e. The largest absolute Gasteiger partial charge is 0.496 e. The third-order valence-electron chi connectivity index (χ3n) is 4.30. The number of benzene rings is 2. The van der Waals surface area contributed by atoms with Gasteiger partial charge >= 0.3 is 0 Å². The molecule has 0 bridgehead atoms. The van der Waals surface area contributed by atoms with Crippen molar-refractivity contribution in [3.05, 3.63) is 54.4 Å². The molecule has 0 radical (unpaired) electrons. The second kappa shape index (κ2) is 6.47. The van der Waals surface area contributed by atoms with Gasteiger partial charge in [0.25, 0.3) is 5.89 Å². The van der Waals surface area contributed by atoms with Gasteiger partial charge in [-0.15, -0.1) is 10.2 Å². The molecule has 1 aliphatic rings. The number of hydrogen-bond acceptors (Lipinski definition) is 6. The highest BCUT2D eigenvalue weighted by molar-refractivity contribution is 5.62. The van der Waals surface area contributed by atoms with Crippen LogP contribution in [0, 0.1) is 0 Å². The Morgan fingerprint density at radius 2 is 1.92 bits per heavy atom. The van der Waals surface area contributed by atoms with E-state index in [1.54, 1.807) is 7.11 Å². The zero-order valence-corrected chi connectivity index (χ0v) is 14.2. The van der Waals surface area contributed by atoms with Crippen molar-refractivity contribution in [1.82, 2.24) is 10.2 Å². The predicted molar refractivity (Wildman–Crippen MR) is 93.9 cm³/mol. The van der Waals surface area contributed by atoms with E-state index in [9.17, 15) is 0 Å². The molecule has 6 nitrogen and oxygen atoms in total. The summed E-state index contributed by atoms with van der Waals surface area (Å²) in [4.78, 5) is 2.22. The first-order chi connectivity index (χ1) is 12.3. The summed E-state index contributed by atoms with van der Waals surface area (Å²) in [7, 11) is 1.63. The Morgan fingerprint density at radius 3 is 2.80 bits per heavy atom. The molecule has 6 heteroatoms. The third kappa shape index (κ3) is 2.91. The molecular weight excluding hydrogens is 318 g/mol. The van der Waals surface area contributed by atoms with Gasteiger partial charge in [0, 0.05) is 0 Å². The van der Waals surface area contributed by atoms with Gasteiger partial charge in [-0.2, -0.15) is 0 Å². The Kier molecular flexibility index (Phi) is 4.01. The molecular formula is C19H19N3O3. The highest BCUT2D eigenvalue weighted by Gasteiger charge is 2.26. The summed E-state index contributed by atoms with van der Waals surface area (Å²) in [6.07, 6.45) is 0. The van der Waals surface area contributed by atoms with Gasteiger partial charge in [0.15, 0.2) is 0 Å². The van der Waals surface area contributed by atoms with Crippen LogP contribution < -0.4 is 14.4 Å². The summed E-state index contributed by atoms with van der Waals surface area (Å²) in [5.74, 6) is 2.61. The maximum atomic E-state index is 5.89. The summed E-state index contributed by atoms with van der Waals surface area (Å²) in [6.45, 7) is 3.28. The number of hydrogen-bond donors (Lipinski definition) is 0. The first-order valence-corrected chi connectivity index (χ1v) is 8.20. The number of nitrogens with zero attached hydrogens (tertiary/aromatic N) is 3. The van der Waals surface area contributed by atoms with Crippen LogP contribution in [0.25, 0.3) is 11.5 Å². The molecule has 0 saturated heterocycles. The second-order valence-corrected chi connectivity index (χ2v) is 5.96. The van der Waals surface area contributed by atoms with Crippen LogP contribution in [-0.2, 0) is 6.54 Å². The van der Waals surface area contributed by atoms with Gasteiger partial charge in [-0.05, 0) is 31.2 Å². The summed E-state index contributed by atoms with van der Waals surface area (Å²) in [5, 5.41) is 8.40. The molecule has 2 heterocycles. The van der Waals surface area contributed by atoms with Gasteiger partial charge in [0.1, 0.15) is 18.1 Å². The highest BCUT2D eigenvalue weighted by Crippen LogP contribution is 2.35. The summed E-state index contributed by atoms with van der Waals surface area (Å²) >= 11 is 0. The summed E-state index contributed by atoms with van der Waals surface area (Å²) in [5.41, 5.74) is 1.83. The van der Waals surface area contributed by atoms with E-state index in [0.717, 1.165) is 17.0 Å². The molecule has 0 unspecified atom stereocenters. The number of para-hydroxylation sites is 3. The van der Waals surface area contributed by atoms with Crippen molar-refractivity contribution >= 4 is 5.69 Å². The standard InChI is InChI=1S/C19H19N3O3/c1-13-12-24-17-10-6-4-8-15(17)22(13)11-18-20-21-19(25-18)14-7-3-5-9-16(14)23-2/h3-10,13H,11-12H2,1-2H3/t13-/m0/s1. The Balaban J connectivity index is 1.62. The first-order valence-electron chi connectivity index (χ1n) is 8.20. The van der Waals surface area contributed by atoms with E-state index in [4.69, 9.17) is 13.9 Å². The smallest absolute Gasteiger partial charge is 0.251 e. The van der Waals surface area contributed by atoms with Gasteiger partial charge in [-0.1, -0.05) is 24.3 Å². The van der Waals surface area contributed by atoms with Crippen LogP contribution in [0.5, 0.6) is 11.5 Å². The van der Waals surface area contributed by atoms with E-state index in [1.165, 1.54) is 0 Å². The molecule has 2 aromatic carbocycles. The summed E-state index contributed by atoms with van der Waals surface area (Å²) < 4.78 is 17.0. The Labute approximate surface area is 146 Å². The molecule has 25 heavy (non-hydrogen) atoms. The zero-order valence-electron chi connectivity index (χ0n) is 14.2. The lowest BCUT2D eigenvalue weighted by molar-refractivity contribution is 0.266. The number of rotatable bonds is 4. The number of fused-ring (bicyclic) bond motifs is 1. The fourth-order valence-corrected chi connectivity index (χ4v) is 2.99. The van der Waals surface area contributed by atoms with Crippen LogP contribution in [0.1, 0.15) is 12.8 Å². The lowest BCUT2D eigenvalue weighted by Gasteiger charge is -2.35. The monoisotopic (exact) mass is 337 g/mol. The Bertz CT molecular complexity index is 878. The van der Waals surface area contributed by atoms with Crippen LogP contribution in [0.15, 0.2) is 52.9 Å². The van der Waals surface area contributed by atoms with E-state index >= 15 is 0 Å². The van der Waals surface area contributed by atoms with Crippen LogP contribution in [-0.4, -0.2) is 30.0 Å². The molecule has 0 N–H and O–H groups in total. The van der Waals surface area contributed by atoms with Crippen molar-refractivity contribution in [2.75, 3.05) is 18.6 Å². The van der Waals surface area contributed by atoms with Crippen molar-refractivity contribution in [3.63, 3.8) is 0 Å². The van der Waals surface area contributed by atoms with E-state index in [-0.39, 0.29) is 6.04 Å². The van der Waals surface area contributed by atoms with E-state index in [2.05, 4.69) is 22.0 Å². The second-order valence-electron chi connectivity index (χ2n) is 5.96. The molecule has 1 aromatic heterocycles. The molecule has 1 atom stereocenters. The Morgan fingerprint density at radius 1 is 1.12 bits per heavy atom. The minimum atomic E-state index is 0.219. The molecule has 0 aliphatic carbocycles.